The zero-order chi connectivity index (χ0) is 16.1. The van der Waals surface area contributed by atoms with Crippen LogP contribution in [0.1, 0.15) is 28.8 Å². The maximum absolute atomic E-state index is 11.8. The van der Waals surface area contributed by atoms with Gasteiger partial charge in [-0.05, 0) is 17.7 Å². The average Bonchev–Trinajstić information content (AvgIpc) is 2.84. The molecule has 22 heavy (non-hydrogen) atoms. The van der Waals surface area contributed by atoms with Gasteiger partial charge in [0, 0.05) is 19.4 Å². The third kappa shape index (κ3) is 3.69. The highest BCUT2D eigenvalue weighted by Gasteiger charge is 2.30. The first-order valence-electron chi connectivity index (χ1n) is 6.78. The van der Waals surface area contributed by atoms with Crippen molar-refractivity contribution in [2.45, 2.75) is 19.4 Å². The van der Waals surface area contributed by atoms with Crippen LogP contribution >= 0.6 is 0 Å². The number of nitrogens with zero attached hydrogens (tertiary/aromatic N) is 1. The lowest BCUT2D eigenvalue weighted by atomic mass is 10.1. The van der Waals surface area contributed by atoms with E-state index in [2.05, 4.69) is 10.1 Å². The number of hydrogen-bond donors (Lipinski definition) is 1. The van der Waals surface area contributed by atoms with Crippen molar-refractivity contribution in [3.05, 3.63) is 35.4 Å². The Hall–Kier alpha value is -2.70. The van der Waals surface area contributed by atoms with Crippen molar-refractivity contribution in [1.29, 1.82) is 0 Å². The fraction of sp³-hybridized carbons (Fsp3) is 0.333. The summed E-state index contributed by atoms with van der Waals surface area (Å²) in [6.07, 6.45) is 0.336. The first kappa shape index (κ1) is 15.7. The average molecular weight is 304 g/mol. The molecule has 2 rings (SSSR count). The standard InChI is InChI=1S/C15H16N2O5/c1-22-15(21)11-4-2-10(3-5-11)8-16-12(18)9-17-13(19)6-7-14(17)20/h2-5H,6-9H2,1H3,(H,16,18). The Balaban J connectivity index is 1.84. The van der Waals surface area contributed by atoms with E-state index in [0.29, 0.717) is 5.56 Å². The number of likely N-dealkylation sites (tertiary alicyclic amines) is 1. The summed E-state index contributed by atoms with van der Waals surface area (Å²) in [4.78, 5) is 46.8. The Labute approximate surface area is 127 Å². The van der Waals surface area contributed by atoms with Crippen LogP contribution in [0.4, 0.5) is 0 Å². The normalized spacial score (nSPS) is 14.1. The smallest absolute Gasteiger partial charge is 0.337 e. The molecule has 1 aliphatic heterocycles. The van der Waals surface area contributed by atoms with Crippen LogP contribution in [0.25, 0.3) is 0 Å². The van der Waals surface area contributed by atoms with Crippen molar-refractivity contribution in [2.75, 3.05) is 13.7 Å². The van der Waals surface area contributed by atoms with Gasteiger partial charge >= 0.3 is 5.97 Å². The number of benzene rings is 1. The molecule has 7 heteroatoms. The molecule has 0 unspecified atom stereocenters. The number of rotatable bonds is 5. The van der Waals surface area contributed by atoms with Crippen molar-refractivity contribution < 1.29 is 23.9 Å². The minimum atomic E-state index is -0.429. The van der Waals surface area contributed by atoms with E-state index in [0.717, 1.165) is 10.5 Å². The first-order valence-corrected chi connectivity index (χ1v) is 6.78. The molecule has 0 aromatic heterocycles. The number of ether oxygens (including phenoxy) is 1. The first-order chi connectivity index (χ1) is 10.5. The predicted molar refractivity (Wildman–Crippen MR) is 75.6 cm³/mol. The fourth-order valence-electron chi connectivity index (χ4n) is 2.08. The molecule has 0 aliphatic carbocycles. The molecule has 7 nitrogen and oxygen atoms in total. The zero-order valence-electron chi connectivity index (χ0n) is 12.1. The Morgan fingerprint density at radius 1 is 1.14 bits per heavy atom. The lowest BCUT2D eigenvalue weighted by Gasteiger charge is -2.13. The third-order valence-electron chi connectivity index (χ3n) is 3.32. The van der Waals surface area contributed by atoms with E-state index >= 15 is 0 Å². The molecule has 0 atom stereocenters. The summed E-state index contributed by atoms with van der Waals surface area (Å²) in [6, 6.07) is 6.58. The number of imide groups is 1. The molecule has 1 aromatic rings. The molecule has 0 saturated carbocycles. The maximum atomic E-state index is 11.8. The van der Waals surface area contributed by atoms with Crippen molar-refractivity contribution in [1.82, 2.24) is 10.2 Å². The Morgan fingerprint density at radius 2 is 1.73 bits per heavy atom. The molecule has 0 spiro atoms. The highest BCUT2D eigenvalue weighted by Crippen LogP contribution is 2.11. The summed E-state index contributed by atoms with van der Waals surface area (Å²) < 4.78 is 4.59. The number of methoxy groups -OCH3 is 1. The molecule has 1 heterocycles. The van der Waals surface area contributed by atoms with Crippen molar-refractivity contribution in [2.24, 2.45) is 0 Å². The van der Waals surface area contributed by atoms with E-state index in [9.17, 15) is 19.2 Å². The predicted octanol–water partition coefficient (Wildman–Crippen LogP) is 0.238. The van der Waals surface area contributed by atoms with Crippen LogP contribution in [0.2, 0.25) is 0 Å². The second-order valence-corrected chi connectivity index (χ2v) is 4.84. The molecule has 3 amide bonds. The van der Waals surface area contributed by atoms with Crippen LogP contribution in [-0.4, -0.2) is 42.2 Å². The summed E-state index contributed by atoms with van der Waals surface area (Å²) in [6.45, 7) is -0.00554. The highest BCUT2D eigenvalue weighted by molar-refractivity contribution is 6.04. The van der Waals surface area contributed by atoms with Crippen molar-refractivity contribution >= 4 is 23.7 Å². The molecule has 1 aliphatic rings. The van der Waals surface area contributed by atoms with Crippen LogP contribution in [-0.2, 0) is 25.7 Å². The van der Waals surface area contributed by atoms with Crippen LogP contribution in [0.5, 0.6) is 0 Å². The van der Waals surface area contributed by atoms with Gasteiger partial charge in [-0.2, -0.15) is 0 Å². The molecular weight excluding hydrogens is 288 g/mol. The number of carbonyl (C=O) groups excluding carboxylic acids is 4. The number of carbonyl (C=O) groups is 4. The van der Waals surface area contributed by atoms with Gasteiger partial charge < -0.3 is 10.1 Å². The van der Waals surface area contributed by atoms with Crippen LogP contribution in [0.15, 0.2) is 24.3 Å². The molecule has 1 saturated heterocycles. The van der Waals surface area contributed by atoms with Gasteiger partial charge in [0.2, 0.25) is 17.7 Å². The van der Waals surface area contributed by atoms with Gasteiger partial charge in [-0.1, -0.05) is 12.1 Å². The minimum Gasteiger partial charge on any atom is -0.465 e. The largest absolute Gasteiger partial charge is 0.465 e. The van der Waals surface area contributed by atoms with E-state index < -0.39 is 11.9 Å². The SMILES string of the molecule is COC(=O)c1ccc(CNC(=O)CN2C(=O)CCC2=O)cc1. The number of nitrogens with one attached hydrogen (secondary N) is 1. The third-order valence-corrected chi connectivity index (χ3v) is 3.32. The molecule has 0 radical (unpaired) electrons. The van der Waals surface area contributed by atoms with E-state index in [1.807, 2.05) is 0 Å². The molecule has 1 fully saturated rings. The number of amides is 3. The fourth-order valence-corrected chi connectivity index (χ4v) is 2.08. The molecule has 116 valence electrons. The molecule has 1 aromatic carbocycles. The quantitative estimate of drug-likeness (QED) is 0.621. The van der Waals surface area contributed by atoms with Crippen LogP contribution < -0.4 is 5.32 Å². The molecular formula is C15H16N2O5. The molecule has 0 bridgehead atoms. The van der Waals surface area contributed by atoms with Gasteiger partial charge in [0.1, 0.15) is 6.54 Å². The Bertz CT molecular complexity index is 593. The van der Waals surface area contributed by atoms with Gasteiger partial charge in [-0.3, -0.25) is 19.3 Å². The lowest BCUT2D eigenvalue weighted by molar-refractivity contribution is -0.142. The van der Waals surface area contributed by atoms with E-state index in [1.165, 1.54) is 7.11 Å². The highest BCUT2D eigenvalue weighted by atomic mass is 16.5. The maximum Gasteiger partial charge on any atom is 0.337 e. The van der Waals surface area contributed by atoms with Gasteiger partial charge in [0.15, 0.2) is 0 Å². The summed E-state index contributed by atoms with van der Waals surface area (Å²) in [7, 11) is 1.30. The van der Waals surface area contributed by atoms with Gasteiger partial charge in [-0.15, -0.1) is 0 Å². The summed E-state index contributed by atoms with van der Waals surface area (Å²) in [5.41, 5.74) is 1.21. The van der Waals surface area contributed by atoms with Crippen molar-refractivity contribution in [3.63, 3.8) is 0 Å². The van der Waals surface area contributed by atoms with Crippen molar-refractivity contribution in [3.8, 4) is 0 Å². The number of hydrogen-bond acceptors (Lipinski definition) is 5. The van der Waals surface area contributed by atoms with Crippen LogP contribution in [0, 0.1) is 0 Å². The molecule has 1 N–H and O–H groups in total. The lowest BCUT2D eigenvalue weighted by Crippen LogP contribution is -2.39. The zero-order valence-corrected chi connectivity index (χ0v) is 12.1. The number of esters is 1. The topological polar surface area (TPSA) is 92.8 Å². The van der Waals surface area contributed by atoms with Crippen LogP contribution in [0.3, 0.4) is 0 Å². The second kappa shape index (κ2) is 6.84. The Kier molecular flexibility index (Phi) is 4.88. The minimum absolute atomic E-state index is 0.168. The summed E-state index contributed by atoms with van der Waals surface area (Å²) >= 11 is 0. The second-order valence-electron chi connectivity index (χ2n) is 4.84. The summed E-state index contributed by atoms with van der Waals surface area (Å²) in [5.74, 6) is -1.47. The van der Waals surface area contributed by atoms with E-state index in [1.54, 1.807) is 24.3 Å². The Morgan fingerprint density at radius 3 is 2.27 bits per heavy atom. The van der Waals surface area contributed by atoms with Gasteiger partial charge in [0.25, 0.3) is 0 Å². The van der Waals surface area contributed by atoms with E-state index in [4.69, 9.17) is 0 Å². The summed E-state index contributed by atoms with van der Waals surface area (Å²) in [5, 5.41) is 2.63. The van der Waals surface area contributed by atoms with Gasteiger partial charge in [-0.25, -0.2) is 4.79 Å². The van der Waals surface area contributed by atoms with Gasteiger partial charge in [0.05, 0.1) is 12.7 Å². The van der Waals surface area contributed by atoms with E-state index in [-0.39, 0.29) is 37.7 Å². The monoisotopic (exact) mass is 304 g/mol.